The number of aryl methyl sites for hydroxylation is 1. The standard InChI is InChI=1S/C15H22N2O2/c1-12-11-13(17-8-2-3-9-17)6-7-14(12)16-15(19)5-4-10-18/h6-7,11,18H,2-5,8-10H2,1H3,(H,16,19). The smallest absolute Gasteiger partial charge is 0.224 e. The molecule has 4 nitrogen and oxygen atoms in total. The second kappa shape index (κ2) is 6.57. The molecule has 2 rings (SSSR count). The lowest BCUT2D eigenvalue weighted by atomic mass is 10.1. The number of nitrogens with one attached hydrogen (secondary N) is 1. The van der Waals surface area contributed by atoms with Gasteiger partial charge >= 0.3 is 0 Å². The van der Waals surface area contributed by atoms with Gasteiger partial charge < -0.3 is 15.3 Å². The lowest BCUT2D eigenvalue weighted by Gasteiger charge is -2.19. The number of aliphatic hydroxyl groups excluding tert-OH is 1. The van der Waals surface area contributed by atoms with Gasteiger partial charge in [0, 0.05) is 37.5 Å². The molecule has 1 aromatic rings. The summed E-state index contributed by atoms with van der Waals surface area (Å²) in [5.41, 5.74) is 3.19. The summed E-state index contributed by atoms with van der Waals surface area (Å²) < 4.78 is 0. The highest BCUT2D eigenvalue weighted by Gasteiger charge is 2.13. The maximum absolute atomic E-state index is 11.6. The molecule has 1 saturated heterocycles. The van der Waals surface area contributed by atoms with Gasteiger partial charge in [0.05, 0.1) is 0 Å². The zero-order valence-corrected chi connectivity index (χ0v) is 11.5. The number of hydrogen-bond acceptors (Lipinski definition) is 3. The van der Waals surface area contributed by atoms with Crippen LogP contribution in [0, 0.1) is 6.92 Å². The molecule has 0 atom stereocenters. The Morgan fingerprint density at radius 1 is 1.37 bits per heavy atom. The van der Waals surface area contributed by atoms with E-state index < -0.39 is 0 Å². The summed E-state index contributed by atoms with van der Waals surface area (Å²) in [7, 11) is 0. The van der Waals surface area contributed by atoms with Crippen molar-refractivity contribution in [1.29, 1.82) is 0 Å². The van der Waals surface area contributed by atoms with Crippen LogP contribution in [0.1, 0.15) is 31.2 Å². The van der Waals surface area contributed by atoms with E-state index in [1.54, 1.807) is 0 Å². The second-order valence-corrected chi connectivity index (χ2v) is 5.07. The molecule has 2 N–H and O–H groups in total. The molecule has 1 amide bonds. The van der Waals surface area contributed by atoms with E-state index in [1.807, 2.05) is 13.0 Å². The van der Waals surface area contributed by atoms with Gasteiger partial charge in [-0.25, -0.2) is 0 Å². The van der Waals surface area contributed by atoms with Gasteiger partial charge in [0.25, 0.3) is 0 Å². The van der Waals surface area contributed by atoms with Crippen LogP contribution < -0.4 is 10.2 Å². The summed E-state index contributed by atoms with van der Waals surface area (Å²) in [5.74, 6) is -0.0360. The third kappa shape index (κ3) is 3.70. The molecule has 1 aliphatic heterocycles. The maximum Gasteiger partial charge on any atom is 0.224 e. The van der Waals surface area contributed by atoms with Crippen molar-refractivity contribution < 1.29 is 9.90 Å². The van der Waals surface area contributed by atoms with E-state index in [4.69, 9.17) is 5.11 Å². The summed E-state index contributed by atoms with van der Waals surface area (Å²) in [4.78, 5) is 14.0. The second-order valence-electron chi connectivity index (χ2n) is 5.07. The van der Waals surface area contributed by atoms with E-state index in [-0.39, 0.29) is 12.5 Å². The predicted molar refractivity (Wildman–Crippen MR) is 77.6 cm³/mol. The molecule has 4 heteroatoms. The van der Waals surface area contributed by atoms with Crippen molar-refractivity contribution in [2.75, 3.05) is 29.9 Å². The molecule has 0 saturated carbocycles. The Balaban J connectivity index is 2.00. The lowest BCUT2D eigenvalue weighted by Crippen LogP contribution is -2.18. The van der Waals surface area contributed by atoms with Crippen LogP contribution in [0.2, 0.25) is 0 Å². The minimum atomic E-state index is -0.0360. The largest absolute Gasteiger partial charge is 0.396 e. The number of hydrogen-bond donors (Lipinski definition) is 2. The molecular formula is C15H22N2O2. The highest BCUT2D eigenvalue weighted by Crippen LogP contribution is 2.25. The monoisotopic (exact) mass is 262 g/mol. The van der Waals surface area contributed by atoms with E-state index >= 15 is 0 Å². The first kappa shape index (κ1) is 13.9. The van der Waals surface area contributed by atoms with Crippen molar-refractivity contribution in [3.05, 3.63) is 23.8 Å². The molecule has 0 bridgehead atoms. The first-order valence-electron chi connectivity index (χ1n) is 6.97. The molecule has 104 valence electrons. The van der Waals surface area contributed by atoms with Crippen molar-refractivity contribution in [1.82, 2.24) is 0 Å². The van der Waals surface area contributed by atoms with Crippen LogP contribution in [0.15, 0.2) is 18.2 Å². The van der Waals surface area contributed by atoms with Crippen LogP contribution in [0.25, 0.3) is 0 Å². The van der Waals surface area contributed by atoms with E-state index in [9.17, 15) is 4.79 Å². The molecule has 19 heavy (non-hydrogen) atoms. The van der Waals surface area contributed by atoms with Crippen LogP contribution >= 0.6 is 0 Å². The number of amides is 1. The molecule has 0 spiro atoms. The number of anilines is 2. The molecule has 1 heterocycles. The fourth-order valence-corrected chi connectivity index (χ4v) is 2.41. The van der Waals surface area contributed by atoms with Crippen LogP contribution in [-0.2, 0) is 4.79 Å². The van der Waals surface area contributed by atoms with E-state index in [2.05, 4.69) is 22.3 Å². The highest BCUT2D eigenvalue weighted by atomic mass is 16.3. The normalized spacial score (nSPS) is 14.7. The van der Waals surface area contributed by atoms with Gasteiger partial charge in [0.1, 0.15) is 0 Å². The van der Waals surface area contributed by atoms with Crippen molar-refractivity contribution in [3.63, 3.8) is 0 Å². The quantitative estimate of drug-likeness (QED) is 0.856. The minimum Gasteiger partial charge on any atom is -0.396 e. The lowest BCUT2D eigenvalue weighted by molar-refractivity contribution is -0.116. The molecule has 1 fully saturated rings. The molecule has 1 aromatic carbocycles. The number of aliphatic hydroxyl groups is 1. The summed E-state index contributed by atoms with van der Waals surface area (Å²) in [6.45, 7) is 4.32. The maximum atomic E-state index is 11.6. The Morgan fingerprint density at radius 3 is 2.74 bits per heavy atom. The molecule has 1 aliphatic rings. The Hall–Kier alpha value is -1.55. The summed E-state index contributed by atoms with van der Waals surface area (Å²) in [6.07, 6.45) is 3.40. The van der Waals surface area contributed by atoms with Gasteiger partial charge in [-0.15, -0.1) is 0 Å². The van der Waals surface area contributed by atoms with Crippen molar-refractivity contribution in [2.24, 2.45) is 0 Å². The molecule has 0 aliphatic carbocycles. The van der Waals surface area contributed by atoms with E-state index in [0.29, 0.717) is 12.8 Å². The van der Waals surface area contributed by atoms with Crippen molar-refractivity contribution in [3.8, 4) is 0 Å². The number of carbonyl (C=O) groups is 1. The summed E-state index contributed by atoms with van der Waals surface area (Å²) in [5, 5.41) is 11.6. The third-order valence-electron chi connectivity index (χ3n) is 3.52. The molecule has 0 unspecified atom stereocenters. The number of benzene rings is 1. The minimum absolute atomic E-state index is 0.0360. The zero-order chi connectivity index (χ0) is 13.7. The van der Waals surface area contributed by atoms with Crippen LogP contribution in [0.5, 0.6) is 0 Å². The molecular weight excluding hydrogens is 240 g/mol. The van der Waals surface area contributed by atoms with Gasteiger partial charge in [-0.05, 0) is 49.9 Å². The Morgan fingerprint density at radius 2 is 2.11 bits per heavy atom. The topological polar surface area (TPSA) is 52.6 Å². The Labute approximate surface area is 114 Å². The fraction of sp³-hybridized carbons (Fsp3) is 0.533. The van der Waals surface area contributed by atoms with Gasteiger partial charge in [-0.1, -0.05) is 0 Å². The SMILES string of the molecule is Cc1cc(N2CCCC2)ccc1NC(=O)CCCO. The summed E-state index contributed by atoms with van der Waals surface area (Å²) in [6, 6.07) is 6.17. The van der Waals surface area contributed by atoms with Gasteiger partial charge in [0.2, 0.25) is 5.91 Å². The first-order valence-corrected chi connectivity index (χ1v) is 6.97. The van der Waals surface area contributed by atoms with E-state index in [0.717, 1.165) is 24.3 Å². The van der Waals surface area contributed by atoms with Crippen molar-refractivity contribution >= 4 is 17.3 Å². The van der Waals surface area contributed by atoms with Gasteiger partial charge in [-0.3, -0.25) is 4.79 Å². The predicted octanol–water partition coefficient (Wildman–Crippen LogP) is 2.31. The van der Waals surface area contributed by atoms with Crippen LogP contribution in [0.3, 0.4) is 0 Å². The van der Waals surface area contributed by atoms with Gasteiger partial charge in [0.15, 0.2) is 0 Å². The third-order valence-corrected chi connectivity index (χ3v) is 3.52. The van der Waals surface area contributed by atoms with Crippen molar-refractivity contribution in [2.45, 2.75) is 32.6 Å². The summed E-state index contributed by atoms with van der Waals surface area (Å²) >= 11 is 0. The van der Waals surface area contributed by atoms with Crippen LogP contribution in [-0.4, -0.2) is 30.7 Å². The number of nitrogens with zero attached hydrogens (tertiary/aromatic N) is 1. The average Bonchev–Trinajstić information content (AvgIpc) is 2.92. The Kier molecular flexibility index (Phi) is 4.80. The molecule has 0 radical (unpaired) electrons. The van der Waals surface area contributed by atoms with Crippen LogP contribution in [0.4, 0.5) is 11.4 Å². The Bertz CT molecular complexity index is 440. The average molecular weight is 262 g/mol. The van der Waals surface area contributed by atoms with Gasteiger partial charge in [-0.2, -0.15) is 0 Å². The van der Waals surface area contributed by atoms with E-state index in [1.165, 1.54) is 18.5 Å². The number of rotatable bonds is 5. The molecule has 0 aromatic heterocycles. The zero-order valence-electron chi connectivity index (χ0n) is 11.5. The number of carbonyl (C=O) groups excluding carboxylic acids is 1. The fourth-order valence-electron chi connectivity index (χ4n) is 2.41. The first-order chi connectivity index (χ1) is 9.20. The highest BCUT2D eigenvalue weighted by molar-refractivity contribution is 5.91.